The van der Waals surface area contributed by atoms with E-state index in [4.69, 9.17) is 21.1 Å². The summed E-state index contributed by atoms with van der Waals surface area (Å²) in [6, 6.07) is 0. The molecule has 0 aromatic rings. The number of halogens is 1. The first-order valence-electron chi connectivity index (χ1n) is 5.72. The zero-order valence-electron chi connectivity index (χ0n) is 11.2. The maximum absolute atomic E-state index is 11.1. The van der Waals surface area contributed by atoms with Crippen molar-refractivity contribution < 1.29 is 24.2 Å². The third-order valence-corrected chi connectivity index (χ3v) is 2.47. The highest BCUT2D eigenvalue weighted by atomic mass is 35.5. The maximum atomic E-state index is 11.1. The average Bonchev–Trinajstić information content (AvgIpc) is 2.27. The second kappa shape index (κ2) is 7.96. The summed E-state index contributed by atoms with van der Waals surface area (Å²) >= 11 is 5.33. The largest absolute Gasteiger partial charge is 0.462 e. The molecule has 0 aliphatic rings. The van der Waals surface area contributed by atoms with Crippen molar-refractivity contribution in [3.05, 3.63) is 23.8 Å². The Balaban J connectivity index is 3.92. The molecule has 6 heteroatoms. The van der Waals surface area contributed by atoms with E-state index in [0.717, 1.165) is 0 Å². The van der Waals surface area contributed by atoms with Crippen LogP contribution in [0.1, 0.15) is 26.7 Å². The monoisotopic (exact) mass is 290 g/mol. The molecular formula is C13H19ClO5. The molecule has 1 N–H and O–H groups in total. The number of carbonyl (C=O) groups is 2. The molecule has 0 fully saturated rings. The van der Waals surface area contributed by atoms with E-state index in [1.165, 1.54) is 0 Å². The Morgan fingerprint density at radius 1 is 1.16 bits per heavy atom. The van der Waals surface area contributed by atoms with Gasteiger partial charge in [0.2, 0.25) is 0 Å². The summed E-state index contributed by atoms with van der Waals surface area (Å²) in [5.74, 6) is -1.22. The van der Waals surface area contributed by atoms with Crippen LogP contribution >= 0.6 is 11.6 Å². The van der Waals surface area contributed by atoms with Gasteiger partial charge in [0.15, 0.2) is 0 Å². The lowest BCUT2D eigenvalue weighted by Gasteiger charge is -2.22. The summed E-state index contributed by atoms with van der Waals surface area (Å²) in [5, 5.41) is 9.74. The quantitative estimate of drug-likeness (QED) is 0.546. The van der Waals surface area contributed by atoms with Gasteiger partial charge in [0, 0.05) is 18.4 Å². The summed E-state index contributed by atoms with van der Waals surface area (Å²) in [7, 11) is 0. The smallest absolute Gasteiger partial charge is 0.349 e. The lowest BCUT2D eigenvalue weighted by molar-refractivity contribution is -0.141. The summed E-state index contributed by atoms with van der Waals surface area (Å²) in [4.78, 5) is 22.1. The molecule has 0 radical (unpaired) electrons. The summed E-state index contributed by atoms with van der Waals surface area (Å²) in [6.07, 6.45) is 0.429. The maximum Gasteiger partial charge on any atom is 0.349 e. The minimum atomic E-state index is -1.11. The predicted octanol–water partition coefficient (Wildman–Crippen LogP) is 1.93. The van der Waals surface area contributed by atoms with Crippen LogP contribution < -0.4 is 0 Å². The SMILES string of the molecule is C=C(C)C(=O)OCCC(C)(O)CCOC(=O)C(=C)Cl. The third kappa shape index (κ3) is 8.40. The first-order valence-corrected chi connectivity index (χ1v) is 6.10. The van der Waals surface area contributed by atoms with Crippen LogP contribution in [0.15, 0.2) is 23.8 Å². The van der Waals surface area contributed by atoms with Crippen molar-refractivity contribution in [2.75, 3.05) is 13.2 Å². The van der Waals surface area contributed by atoms with Gasteiger partial charge < -0.3 is 14.6 Å². The van der Waals surface area contributed by atoms with E-state index in [9.17, 15) is 14.7 Å². The van der Waals surface area contributed by atoms with Crippen molar-refractivity contribution in [2.45, 2.75) is 32.3 Å². The van der Waals surface area contributed by atoms with E-state index in [1.807, 2.05) is 0 Å². The van der Waals surface area contributed by atoms with Crippen LogP contribution in [0.4, 0.5) is 0 Å². The fourth-order valence-corrected chi connectivity index (χ4v) is 1.11. The lowest BCUT2D eigenvalue weighted by atomic mass is 9.99. The van der Waals surface area contributed by atoms with E-state index in [1.54, 1.807) is 13.8 Å². The number of hydrogen-bond donors (Lipinski definition) is 1. The Morgan fingerprint density at radius 3 is 1.95 bits per heavy atom. The van der Waals surface area contributed by atoms with Crippen LogP contribution in [-0.2, 0) is 19.1 Å². The number of esters is 2. The van der Waals surface area contributed by atoms with Crippen molar-refractivity contribution in [2.24, 2.45) is 0 Å². The molecule has 19 heavy (non-hydrogen) atoms. The Bertz CT molecular complexity index is 339. The Morgan fingerprint density at radius 2 is 1.58 bits per heavy atom. The number of hydrogen-bond acceptors (Lipinski definition) is 5. The molecule has 1 atom stereocenters. The summed E-state index contributed by atoms with van der Waals surface area (Å²) < 4.78 is 9.62. The van der Waals surface area contributed by atoms with Gasteiger partial charge in [-0.15, -0.1) is 0 Å². The fraction of sp³-hybridized carbons (Fsp3) is 0.538. The highest BCUT2D eigenvalue weighted by Gasteiger charge is 2.21. The van der Waals surface area contributed by atoms with E-state index in [-0.39, 0.29) is 31.1 Å². The lowest BCUT2D eigenvalue weighted by Crippen LogP contribution is -2.29. The third-order valence-electron chi connectivity index (χ3n) is 2.32. The van der Waals surface area contributed by atoms with Crippen LogP contribution in [0.3, 0.4) is 0 Å². The molecule has 0 bridgehead atoms. The molecule has 0 saturated heterocycles. The molecule has 0 rings (SSSR count). The molecule has 1 unspecified atom stereocenters. The summed E-state index contributed by atoms with van der Waals surface area (Å²) in [6.45, 7) is 9.83. The second-order valence-corrected chi connectivity index (χ2v) is 4.91. The van der Waals surface area contributed by atoms with Crippen molar-refractivity contribution in [3.63, 3.8) is 0 Å². The van der Waals surface area contributed by atoms with Gasteiger partial charge in [-0.05, 0) is 13.8 Å². The average molecular weight is 291 g/mol. The van der Waals surface area contributed by atoms with Gasteiger partial charge in [0.1, 0.15) is 5.03 Å². The van der Waals surface area contributed by atoms with Gasteiger partial charge in [0.05, 0.1) is 18.8 Å². The molecule has 0 aromatic carbocycles. The van der Waals surface area contributed by atoms with Crippen LogP contribution in [0.5, 0.6) is 0 Å². The van der Waals surface area contributed by atoms with Gasteiger partial charge >= 0.3 is 11.9 Å². The standard InChI is InChI=1S/C13H19ClO5/c1-9(2)11(15)18-7-5-13(4,17)6-8-19-12(16)10(3)14/h17H,1,3,5-8H2,2,4H3. The van der Waals surface area contributed by atoms with Crippen molar-refractivity contribution in [1.82, 2.24) is 0 Å². The highest BCUT2D eigenvalue weighted by Crippen LogP contribution is 2.15. The van der Waals surface area contributed by atoms with E-state index in [0.29, 0.717) is 5.57 Å². The molecule has 0 spiro atoms. The van der Waals surface area contributed by atoms with Crippen molar-refractivity contribution in [1.29, 1.82) is 0 Å². The molecule has 0 aliphatic carbocycles. The zero-order valence-corrected chi connectivity index (χ0v) is 12.0. The molecule has 0 heterocycles. The van der Waals surface area contributed by atoms with Gasteiger partial charge in [0.25, 0.3) is 0 Å². The van der Waals surface area contributed by atoms with Crippen LogP contribution in [0, 0.1) is 0 Å². The second-order valence-electron chi connectivity index (χ2n) is 4.45. The molecule has 0 saturated carbocycles. The zero-order chi connectivity index (χ0) is 15.1. The first-order chi connectivity index (χ1) is 8.65. The first kappa shape index (κ1) is 17.7. The Kier molecular flexibility index (Phi) is 7.41. The van der Waals surface area contributed by atoms with Crippen LogP contribution in [-0.4, -0.2) is 35.9 Å². The number of carbonyl (C=O) groups excluding carboxylic acids is 2. The molecule has 0 aromatic heterocycles. The van der Waals surface area contributed by atoms with E-state index in [2.05, 4.69) is 13.2 Å². The number of rotatable bonds is 8. The van der Waals surface area contributed by atoms with Gasteiger partial charge in [-0.25, -0.2) is 9.59 Å². The Labute approximate surface area is 117 Å². The fourth-order valence-electron chi connectivity index (χ4n) is 1.05. The predicted molar refractivity (Wildman–Crippen MR) is 71.6 cm³/mol. The number of ether oxygens (including phenoxy) is 2. The van der Waals surface area contributed by atoms with E-state index >= 15 is 0 Å². The summed E-state index contributed by atoms with van der Waals surface area (Å²) in [5.41, 5.74) is -0.808. The minimum Gasteiger partial charge on any atom is -0.462 e. The topological polar surface area (TPSA) is 72.8 Å². The molecule has 0 aliphatic heterocycles. The highest BCUT2D eigenvalue weighted by molar-refractivity contribution is 6.40. The molecular weight excluding hydrogens is 272 g/mol. The number of aliphatic hydroxyl groups is 1. The van der Waals surface area contributed by atoms with E-state index < -0.39 is 17.5 Å². The van der Waals surface area contributed by atoms with Gasteiger partial charge in [-0.3, -0.25) is 0 Å². The van der Waals surface area contributed by atoms with Crippen molar-refractivity contribution in [3.8, 4) is 0 Å². The Hall–Kier alpha value is -1.33. The minimum absolute atomic E-state index is 0.00596. The molecule has 5 nitrogen and oxygen atoms in total. The normalized spacial score (nSPS) is 13.3. The molecule has 0 amide bonds. The van der Waals surface area contributed by atoms with Crippen LogP contribution in [0.25, 0.3) is 0 Å². The molecule has 108 valence electrons. The van der Waals surface area contributed by atoms with Crippen molar-refractivity contribution >= 4 is 23.5 Å². The van der Waals surface area contributed by atoms with Gasteiger partial charge in [-0.1, -0.05) is 24.8 Å². The van der Waals surface area contributed by atoms with Crippen LogP contribution in [0.2, 0.25) is 0 Å². The van der Waals surface area contributed by atoms with Gasteiger partial charge in [-0.2, -0.15) is 0 Å².